The van der Waals surface area contributed by atoms with E-state index in [1.54, 1.807) is 6.33 Å². The average Bonchev–Trinajstić information content (AvgIpc) is 2.89. The van der Waals surface area contributed by atoms with Gasteiger partial charge in [-0.15, -0.1) is 0 Å². The van der Waals surface area contributed by atoms with E-state index < -0.39 is 0 Å². The molecule has 8 heteroatoms. The Morgan fingerprint density at radius 1 is 1.35 bits per heavy atom. The molecule has 0 spiro atoms. The van der Waals surface area contributed by atoms with E-state index in [0.717, 1.165) is 18.5 Å². The lowest BCUT2D eigenvalue weighted by Crippen LogP contribution is -2.13. The fourth-order valence-corrected chi connectivity index (χ4v) is 1.75. The summed E-state index contributed by atoms with van der Waals surface area (Å²) in [5.74, 6) is 0.922. The molecule has 0 saturated heterocycles. The molecule has 0 radical (unpaired) electrons. The largest absolute Gasteiger partial charge is 0.370 e. The molecule has 5 N–H and O–H groups in total. The molecule has 0 aliphatic rings. The van der Waals surface area contributed by atoms with E-state index in [2.05, 4.69) is 37.5 Å². The fourth-order valence-electron chi connectivity index (χ4n) is 1.75. The van der Waals surface area contributed by atoms with Gasteiger partial charge >= 0.3 is 0 Å². The molecular formula is C12H19N7O. The quantitative estimate of drug-likeness (QED) is 0.531. The number of aromatic amines is 1. The van der Waals surface area contributed by atoms with Crippen LogP contribution in [0.1, 0.15) is 26.2 Å². The zero-order valence-electron chi connectivity index (χ0n) is 11.4. The van der Waals surface area contributed by atoms with Crippen LogP contribution in [0.2, 0.25) is 0 Å². The van der Waals surface area contributed by atoms with Crippen molar-refractivity contribution < 1.29 is 4.79 Å². The zero-order chi connectivity index (χ0) is 14.4. The highest BCUT2D eigenvalue weighted by molar-refractivity contribution is 5.83. The van der Waals surface area contributed by atoms with Gasteiger partial charge in [0.05, 0.1) is 6.33 Å². The molecule has 0 aromatic carbocycles. The standard InChI is InChI=1S/C12H19N7O/c1-2-5-15-12-18-10(14-6-3-4-8(13)20)9-11(19-12)17-7-16-9/h7H,2-6H2,1H3,(H2,13,20)(H3,14,15,16,17,18,19). The average molecular weight is 277 g/mol. The minimum absolute atomic E-state index is 0.300. The Balaban J connectivity index is 2.08. The summed E-state index contributed by atoms with van der Waals surface area (Å²) in [6.45, 7) is 3.49. The van der Waals surface area contributed by atoms with E-state index in [4.69, 9.17) is 5.73 Å². The molecule has 0 saturated carbocycles. The van der Waals surface area contributed by atoms with Gasteiger partial charge in [-0.25, -0.2) is 4.98 Å². The molecule has 2 aromatic rings. The summed E-state index contributed by atoms with van der Waals surface area (Å²) in [4.78, 5) is 26.6. The van der Waals surface area contributed by atoms with E-state index in [9.17, 15) is 4.79 Å². The summed E-state index contributed by atoms with van der Waals surface area (Å²) in [5, 5.41) is 6.31. The third-order valence-electron chi connectivity index (χ3n) is 2.71. The molecular weight excluding hydrogens is 258 g/mol. The number of H-pyrrole nitrogens is 1. The van der Waals surface area contributed by atoms with Gasteiger partial charge in [0, 0.05) is 19.5 Å². The first-order valence-corrected chi connectivity index (χ1v) is 6.68. The topological polar surface area (TPSA) is 122 Å². The Kier molecular flexibility index (Phi) is 4.70. The predicted octanol–water partition coefficient (Wildman–Crippen LogP) is 0.852. The molecule has 0 aliphatic heterocycles. The van der Waals surface area contributed by atoms with Crippen molar-refractivity contribution in [1.29, 1.82) is 0 Å². The van der Waals surface area contributed by atoms with Crippen molar-refractivity contribution in [2.24, 2.45) is 5.73 Å². The van der Waals surface area contributed by atoms with Gasteiger partial charge in [0.2, 0.25) is 11.9 Å². The van der Waals surface area contributed by atoms with Gasteiger partial charge < -0.3 is 21.4 Å². The first kappa shape index (κ1) is 14.0. The second kappa shape index (κ2) is 6.69. The molecule has 8 nitrogen and oxygen atoms in total. The zero-order valence-corrected chi connectivity index (χ0v) is 11.4. The Morgan fingerprint density at radius 2 is 2.20 bits per heavy atom. The van der Waals surface area contributed by atoms with Crippen molar-refractivity contribution in [3.63, 3.8) is 0 Å². The van der Waals surface area contributed by atoms with Crippen LogP contribution in [0.4, 0.5) is 11.8 Å². The molecule has 2 heterocycles. The lowest BCUT2D eigenvalue weighted by Gasteiger charge is -2.08. The van der Waals surface area contributed by atoms with Gasteiger partial charge in [-0.3, -0.25) is 4.79 Å². The van der Waals surface area contributed by atoms with Gasteiger partial charge in [-0.2, -0.15) is 9.97 Å². The molecule has 0 bridgehead atoms. The lowest BCUT2D eigenvalue weighted by molar-refractivity contribution is -0.118. The van der Waals surface area contributed by atoms with E-state index in [-0.39, 0.29) is 5.91 Å². The van der Waals surface area contributed by atoms with Gasteiger partial charge in [0.25, 0.3) is 0 Å². The highest BCUT2D eigenvalue weighted by atomic mass is 16.1. The SMILES string of the molecule is CCCNc1nc(NCCCC(N)=O)c2[nH]cnc2n1. The minimum Gasteiger partial charge on any atom is -0.370 e. The number of hydrogen-bond donors (Lipinski definition) is 4. The molecule has 20 heavy (non-hydrogen) atoms. The molecule has 108 valence electrons. The number of fused-ring (bicyclic) bond motifs is 1. The normalized spacial score (nSPS) is 10.7. The van der Waals surface area contributed by atoms with Crippen LogP contribution in [0, 0.1) is 0 Å². The van der Waals surface area contributed by atoms with E-state index in [0.29, 0.717) is 36.8 Å². The Bertz CT molecular complexity index is 580. The Morgan fingerprint density at radius 3 is 2.95 bits per heavy atom. The number of amides is 1. The van der Waals surface area contributed by atoms with Crippen LogP contribution in [-0.2, 0) is 4.79 Å². The summed E-state index contributed by atoms with van der Waals surface area (Å²) in [6, 6.07) is 0. The number of rotatable bonds is 8. The van der Waals surface area contributed by atoms with Crippen LogP contribution in [-0.4, -0.2) is 38.9 Å². The highest BCUT2D eigenvalue weighted by Gasteiger charge is 2.09. The number of imidazole rings is 1. The van der Waals surface area contributed by atoms with Crippen LogP contribution in [0.15, 0.2) is 6.33 Å². The maximum absolute atomic E-state index is 10.7. The number of anilines is 2. The van der Waals surface area contributed by atoms with Gasteiger partial charge in [-0.1, -0.05) is 6.92 Å². The molecule has 0 fully saturated rings. The van der Waals surface area contributed by atoms with Crippen LogP contribution >= 0.6 is 0 Å². The van der Waals surface area contributed by atoms with Gasteiger partial charge in [-0.05, 0) is 12.8 Å². The maximum atomic E-state index is 10.7. The molecule has 0 unspecified atom stereocenters. The number of hydrogen-bond acceptors (Lipinski definition) is 6. The maximum Gasteiger partial charge on any atom is 0.226 e. The Hall–Kier alpha value is -2.38. The summed E-state index contributed by atoms with van der Waals surface area (Å²) >= 11 is 0. The van der Waals surface area contributed by atoms with Crippen LogP contribution in [0.25, 0.3) is 11.2 Å². The second-order valence-electron chi connectivity index (χ2n) is 4.42. The second-order valence-corrected chi connectivity index (χ2v) is 4.42. The third kappa shape index (κ3) is 3.56. The predicted molar refractivity (Wildman–Crippen MR) is 77.4 cm³/mol. The number of aromatic nitrogens is 4. The third-order valence-corrected chi connectivity index (χ3v) is 2.71. The molecule has 0 atom stereocenters. The highest BCUT2D eigenvalue weighted by Crippen LogP contribution is 2.18. The fraction of sp³-hybridized carbons (Fsp3) is 0.500. The van der Waals surface area contributed by atoms with Crippen molar-refractivity contribution in [3.8, 4) is 0 Å². The van der Waals surface area contributed by atoms with Gasteiger partial charge in [0.15, 0.2) is 11.5 Å². The molecule has 2 aromatic heterocycles. The number of carbonyl (C=O) groups is 1. The molecule has 2 rings (SSSR count). The van der Waals surface area contributed by atoms with Crippen LogP contribution < -0.4 is 16.4 Å². The van der Waals surface area contributed by atoms with E-state index >= 15 is 0 Å². The Labute approximate surface area is 116 Å². The first-order chi connectivity index (χ1) is 9.70. The van der Waals surface area contributed by atoms with Crippen LogP contribution in [0.5, 0.6) is 0 Å². The van der Waals surface area contributed by atoms with Crippen molar-refractivity contribution in [3.05, 3.63) is 6.33 Å². The molecule has 1 amide bonds. The monoisotopic (exact) mass is 277 g/mol. The minimum atomic E-state index is -0.300. The first-order valence-electron chi connectivity index (χ1n) is 6.68. The van der Waals surface area contributed by atoms with E-state index in [1.807, 2.05) is 0 Å². The van der Waals surface area contributed by atoms with E-state index in [1.165, 1.54) is 0 Å². The van der Waals surface area contributed by atoms with Crippen molar-refractivity contribution >= 4 is 28.8 Å². The number of nitrogens with two attached hydrogens (primary N) is 1. The van der Waals surface area contributed by atoms with Crippen molar-refractivity contribution in [2.75, 3.05) is 23.7 Å². The number of nitrogens with one attached hydrogen (secondary N) is 3. The number of primary amides is 1. The number of nitrogens with zero attached hydrogens (tertiary/aromatic N) is 3. The molecule has 0 aliphatic carbocycles. The lowest BCUT2D eigenvalue weighted by atomic mass is 10.3. The smallest absolute Gasteiger partial charge is 0.226 e. The number of carbonyl (C=O) groups excluding carboxylic acids is 1. The summed E-state index contributed by atoms with van der Waals surface area (Å²) in [6.07, 6.45) is 3.58. The summed E-state index contributed by atoms with van der Waals surface area (Å²) < 4.78 is 0. The summed E-state index contributed by atoms with van der Waals surface area (Å²) in [5.41, 5.74) is 6.47. The van der Waals surface area contributed by atoms with Crippen molar-refractivity contribution in [2.45, 2.75) is 26.2 Å². The summed E-state index contributed by atoms with van der Waals surface area (Å²) in [7, 11) is 0. The van der Waals surface area contributed by atoms with Crippen LogP contribution in [0.3, 0.4) is 0 Å². The van der Waals surface area contributed by atoms with Crippen molar-refractivity contribution in [1.82, 2.24) is 19.9 Å². The van der Waals surface area contributed by atoms with Gasteiger partial charge in [0.1, 0.15) is 5.52 Å².